The van der Waals surface area contributed by atoms with E-state index in [2.05, 4.69) is 9.97 Å². The number of ether oxygens (including phenoxy) is 1. The van der Waals surface area contributed by atoms with Gasteiger partial charge in [0.2, 0.25) is 0 Å². The van der Waals surface area contributed by atoms with E-state index in [0.29, 0.717) is 39.4 Å². The number of imidazole rings is 1. The monoisotopic (exact) mass is 389 g/mol. The molecule has 0 saturated carbocycles. The lowest BCUT2D eigenvalue weighted by Crippen LogP contribution is -2.10. The van der Waals surface area contributed by atoms with E-state index in [4.69, 9.17) is 27.9 Å². The van der Waals surface area contributed by atoms with Crippen LogP contribution >= 0.6 is 23.2 Å². The number of rotatable bonds is 5. The zero-order chi connectivity index (χ0) is 18.7. The molecule has 0 amide bonds. The molecule has 2 aromatic heterocycles. The quantitative estimate of drug-likeness (QED) is 0.577. The van der Waals surface area contributed by atoms with Crippen LogP contribution in [-0.2, 0) is 11.2 Å². The fraction of sp³-hybridized carbons (Fsp3) is 0.211. The number of aromatic nitrogens is 3. The van der Waals surface area contributed by atoms with Gasteiger partial charge < -0.3 is 4.74 Å². The maximum Gasteiger partial charge on any atom is 0.358 e. The highest BCUT2D eigenvalue weighted by Crippen LogP contribution is 2.31. The second-order valence-electron chi connectivity index (χ2n) is 5.45. The van der Waals surface area contributed by atoms with E-state index >= 15 is 0 Å². The van der Waals surface area contributed by atoms with Crippen molar-refractivity contribution in [3.8, 4) is 17.2 Å². The predicted octanol–water partition coefficient (Wildman–Crippen LogP) is 4.98. The lowest BCUT2D eigenvalue weighted by atomic mass is 10.2. The highest BCUT2D eigenvalue weighted by atomic mass is 35.5. The molecular formula is C19H17Cl2N3O2. The molecule has 0 fully saturated rings. The van der Waals surface area contributed by atoms with E-state index in [1.807, 2.05) is 29.7 Å². The van der Waals surface area contributed by atoms with Crippen molar-refractivity contribution in [2.45, 2.75) is 20.3 Å². The maximum absolute atomic E-state index is 12.4. The maximum atomic E-state index is 12.4. The summed E-state index contributed by atoms with van der Waals surface area (Å²) in [5.41, 5.74) is 1.67. The van der Waals surface area contributed by atoms with Crippen LogP contribution in [0.25, 0.3) is 17.2 Å². The highest BCUT2D eigenvalue weighted by Gasteiger charge is 2.25. The number of benzene rings is 1. The molecule has 0 radical (unpaired) electrons. The van der Waals surface area contributed by atoms with Crippen LogP contribution in [0.1, 0.15) is 30.0 Å². The van der Waals surface area contributed by atoms with E-state index in [-0.39, 0.29) is 12.3 Å². The molecule has 3 rings (SSSR count). The van der Waals surface area contributed by atoms with E-state index < -0.39 is 5.97 Å². The first kappa shape index (κ1) is 18.4. The Kier molecular flexibility index (Phi) is 5.59. The Morgan fingerprint density at radius 2 is 1.92 bits per heavy atom. The third-order valence-corrected chi connectivity index (χ3v) is 4.39. The first-order valence-corrected chi connectivity index (χ1v) is 8.98. The Balaban J connectivity index is 2.30. The average molecular weight is 390 g/mol. The van der Waals surface area contributed by atoms with Gasteiger partial charge in [-0.05, 0) is 37.6 Å². The van der Waals surface area contributed by atoms with Crippen molar-refractivity contribution in [1.29, 1.82) is 0 Å². The predicted molar refractivity (Wildman–Crippen MR) is 102 cm³/mol. The first-order chi connectivity index (χ1) is 12.6. The molecule has 0 aliphatic carbocycles. The molecular weight excluding hydrogens is 373 g/mol. The van der Waals surface area contributed by atoms with Gasteiger partial charge in [-0.3, -0.25) is 4.57 Å². The summed E-state index contributed by atoms with van der Waals surface area (Å²) in [6, 6.07) is 10.9. The van der Waals surface area contributed by atoms with E-state index in [1.165, 1.54) is 0 Å². The van der Waals surface area contributed by atoms with Crippen LogP contribution in [0.5, 0.6) is 0 Å². The minimum absolute atomic E-state index is 0.265. The number of hydrogen-bond donors (Lipinski definition) is 0. The van der Waals surface area contributed by atoms with Crippen LogP contribution in [0.2, 0.25) is 10.0 Å². The molecule has 0 unspecified atom stereocenters. The van der Waals surface area contributed by atoms with Gasteiger partial charge in [-0.25, -0.2) is 14.8 Å². The normalized spacial score (nSPS) is 10.8. The molecule has 0 N–H and O–H groups in total. The third kappa shape index (κ3) is 3.45. The number of esters is 1. The number of hydrogen-bond acceptors (Lipinski definition) is 4. The fourth-order valence-electron chi connectivity index (χ4n) is 2.71. The summed E-state index contributed by atoms with van der Waals surface area (Å²) in [5.74, 6) is 0.667. The summed E-state index contributed by atoms with van der Waals surface area (Å²) >= 11 is 12.3. The molecule has 0 saturated heterocycles. The van der Waals surface area contributed by atoms with Gasteiger partial charge in [0.1, 0.15) is 11.6 Å². The van der Waals surface area contributed by atoms with Crippen molar-refractivity contribution in [2.24, 2.45) is 0 Å². The Bertz CT molecular complexity index is 936. The van der Waals surface area contributed by atoms with Gasteiger partial charge in [0, 0.05) is 11.8 Å². The molecule has 0 aliphatic heterocycles. The van der Waals surface area contributed by atoms with Gasteiger partial charge in [0.05, 0.1) is 22.3 Å². The van der Waals surface area contributed by atoms with Crippen LogP contribution in [0.4, 0.5) is 0 Å². The van der Waals surface area contributed by atoms with Crippen LogP contribution in [-0.4, -0.2) is 27.1 Å². The lowest BCUT2D eigenvalue weighted by molar-refractivity contribution is 0.0518. The van der Waals surface area contributed by atoms with E-state index in [1.54, 1.807) is 31.3 Å². The van der Waals surface area contributed by atoms with Gasteiger partial charge in [0.25, 0.3) is 0 Å². The molecule has 7 heteroatoms. The Hall–Kier alpha value is -2.37. The van der Waals surface area contributed by atoms with Gasteiger partial charge >= 0.3 is 5.97 Å². The zero-order valence-electron chi connectivity index (χ0n) is 14.4. The number of halogens is 2. The zero-order valence-corrected chi connectivity index (χ0v) is 15.9. The van der Waals surface area contributed by atoms with Crippen molar-refractivity contribution < 1.29 is 9.53 Å². The van der Waals surface area contributed by atoms with Crippen molar-refractivity contribution in [3.63, 3.8) is 0 Å². The summed E-state index contributed by atoms with van der Waals surface area (Å²) in [5, 5.41) is 1.06. The van der Waals surface area contributed by atoms with Crippen LogP contribution in [0.3, 0.4) is 0 Å². The smallest absolute Gasteiger partial charge is 0.358 e. The van der Waals surface area contributed by atoms with Crippen LogP contribution < -0.4 is 0 Å². The summed E-state index contributed by atoms with van der Waals surface area (Å²) in [4.78, 5) is 21.4. The van der Waals surface area contributed by atoms with Crippen molar-refractivity contribution in [2.75, 3.05) is 6.61 Å². The number of pyridine rings is 1. The lowest BCUT2D eigenvalue weighted by Gasteiger charge is -2.11. The van der Waals surface area contributed by atoms with Gasteiger partial charge in [0.15, 0.2) is 5.69 Å². The molecule has 134 valence electrons. The number of carbonyl (C=O) groups is 1. The molecule has 0 bridgehead atoms. The Labute approximate surface area is 161 Å². The number of carbonyl (C=O) groups excluding carboxylic acids is 1. The van der Waals surface area contributed by atoms with Crippen molar-refractivity contribution in [3.05, 3.63) is 64.0 Å². The molecule has 0 aliphatic rings. The number of nitrogens with zero attached hydrogens (tertiary/aromatic N) is 3. The minimum Gasteiger partial charge on any atom is -0.461 e. The average Bonchev–Trinajstić information content (AvgIpc) is 3.02. The summed E-state index contributed by atoms with van der Waals surface area (Å²) < 4.78 is 6.99. The summed E-state index contributed by atoms with van der Waals surface area (Å²) in [6.45, 7) is 3.98. The molecule has 2 heterocycles. The molecule has 26 heavy (non-hydrogen) atoms. The highest BCUT2D eigenvalue weighted by molar-refractivity contribution is 6.33. The molecule has 5 nitrogen and oxygen atoms in total. The standard InChI is InChI=1S/C19H17Cl2N3O2/c1-3-15-17(19(25)26-4-2)23-18(13-7-5-6-8-14(13)21)24(15)16-10-9-12(20)11-22-16/h5-11H,3-4H2,1-2H3. The van der Waals surface area contributed by atoms with E-state index in [0.717, 1.165) is 0 Å². The second-order valence-corrected chi connectivity index (χ2v) is 6.30. The van der Waals surface area contributed by atoms with Gasteiger partial charge in [-0.1, -0.05) is 42.3 Å². The summed E-state index contributed by atoms with van der Waals surface area (Å²) in [7, 11) is 0. The molecule has 0 atom stereocenters. The third-order valence-electron chi connectivity index (χ3n) is 3.83. The van der Waals surface area contributed by atoms with Crippen molar-refractivity contribution >= 4 is 29.2 Å². The topological polar surface area (TPSA) is 57.0 Å². The molecule has 1 aromatic carbocycles. The molecule has 0 spiro atoms. The molecule has 3 aromatic rings. The Morgan fingerprint density at radius 1 is 1.15 bits per heavy atom. The first-order valence-electron chi connectivity index (χ1n) is 8.22. The fourth-order valence-corrected chi connectivity index (χ4v) is 3.04. The SMILES string of the molecule is CCOC(=O)c1nc(-c2ccccc2Cl)n(-c2ccc(Cl)cn2)c1CC. The second kappa shape index (κ2) is 7.89. The van der Waals surface area contributed by atoms with Crippen LogP contribution in [0.15, 0.2) is 42.6 Å². The summed E-state index contributed by atoms with van der Waals surface area (Å²) in [6.07, 6.45) is 2.12. The Morgan fingerprint density at radius 3 is 2.54 bits per heavy atom. The van der Waals surface area contributed by atoms with Crippen LogP contribution in [0, 0.1) is 0 Å². The van der Waals surface area contributed by atoms with Gasteiger partial charge in [-0.2, -0.15) is 0 Å². The van der Waals surface area contributed by atoms with Crippen molar-refractivity contribution in [1.82, 2.24) is 14.5 Å². The largest absolute Gasteiger partial charge is 0.461 e. The minimum atomic E-state index is -0.467. The van der Waals surface area contributed by atoms with Gasteiger partial charge in [-0.15, -0.1) is 0 Å². The van der Waals surface area contributed by atoms with E-state index in [9.17, 15) is 4.79 Å².